The molecule has 1 heterocycles. The Labute approximate surface area is 117 Å². The summed E-state index contributed by atoms with van der Waals surface area (Å²) in [5, 5.41) is 1.11. The number of hydrogen-bond acceptors (Lipinski definition) is 2. The highest BCUT2D eigenvalue weighted by Gasteiger charge is 2.11. The molecule has 3 heteroatoms. The van der Waals surface area contributed by atoms with Crippen molar-refractivity contribution in [2.45, 2.75) is 0 Å². The molecule has 3 rings (SSSR count). The molecule has 2 aromatic carbocycles. The Balaban J connectivity index is 2.18. The highest BCUT2D eigenvalue weighted by atomic mass is 16.5. The minimum atomic E-state index is -0.311. The van der Waals surface area contributed by atoms with Crippen LogP contribution in [0.2, 0.25) is 0 Å². The molecule has 1 aromatic heterocycles. The summed E-state index contributed by atoms with van der Waals surface area (Å²) >= 11 is 0. The molecule has 100 valence electrons. The summed E-state index contributed by atoms with van der Waals surface area (Å²) in [5.41, 5.74) is 3.88. The van der Waals surface area contributed by atoms with Crippen molar-refractivity contribution in [1.82, 2.24) is 4.57 Å². The molecule has 0 unspecified atom stereocenters. The molecular formula is C17H15NO2. The van der Waals surface area contributed by atoms with E-state index in [9.17, 15) is 4.79 Å². The summed E-state index contributed by atoms with van der Waals surface area (Å²) in [4.78, 5) is 11.6. The van der Waals surface area contributed by atoms with Crippen molar-refractivity contribution >= 4 is 16.9 Å². The first kappa shape index (κ1) is 12.5. The zero-order valence-electron chi connectivity index (χ0n) is 11.5. The van der Waals surface area contributed by atoms with Crippen LogP contribution in [0.25, 0.3) is 22.2 Å². The number of ether oxygens (including phenoxy) is 1. The third-order valence-corrected chi connectivity index (χ3v) is 3.54. The average molecular weight is 265 g/mol. The van der Waals surface area contributed by atoms with Crippen LogP contribution in [0.3, 0.4) is 0 Å². The molecule has 0 radical (unpaired) electrons. The van der Waals surface area contributed by atoms with Gasteiger partial charge in [-0.3, -0.25) is 0 Å². The Morgan fingerprint density at radius 2 is 1.80 bits per heavy atom. The third kappa shape index (κ3) is 1.97. The summed E-state index contributed by atoms with van der Waals surface area (Å²) in [6, 6.07) is 17.9. The van der Waals surface area contributed by atoms with Gasteiger partial charge in [-0.1, -0.05) is 36.4 Å². The lowest BCUT2D eigenvalue weighted by Crippen LogP contribution is -2.01. The number of esters is 1. The van der Waals surface area contributed by atoms with E-state index in [2.05, 4.69) is 22.8 Å². The zero-order valence-corrected chi connectivity index (χ0v) is 11.5. The Morgan fingerprint density at radius 3 is 2.50 bits per heavy atom. The molecule has 0 fully saturated rings. The molecule has 0 saturated carbocycles. The second-order valence-corrected chi connectivity index (χ2v) is 4.72. The van der Waals surface area contributed by atoms with E-state index in [4.69, 9.17) is 4.74 Å². The third-order valence-electron chi connectivity index (χ3n) is 3.54. The van der Waals surface area contributed by atoms with Crippen LogP contribution in [0, 0.1) is 0 Å². The summed E-state index contributed by atoms with van der Waals surface area (Å²) in [7, 11) is 3.40. The lowest BCUT2D eigenvalue weighted by molar-refractivity contribution is 0.0601. The van der Waals surface area contributed by atoms with Crippen LogP contribution in [0.1, 0.15) is 10.4 Å². The monoisotopic (exact) mass is 265 g/mol. The number of methoxy groups -OCH3 is 1. The fraction of sp³-hybridized carbons (Fsp3) is 0.118. The summed E-state index contributed by atoms with van der Waals surface area (Å²) in [6.45, 7) is 0. The van der Waals surface area contributed by atoms with E-state index in [1.807, 2.05) is 37.4 Å². The zero-order chi connectivity index (χ0) is 14.1. The van der Waals surface area contributed by atoms with E-state index >= 15 is 0 Å². The smallest absolute Gasteiger partial charge is 0.337 e. The maximum atomic E-state index is 11.6. The van der Waals surface area contributed by atoms with Gasteiger partial charge in [-0.2, -0.15) is 0 Å². The predicted octanol–water partition coefficient (Wildman–Crippen LogP) is 3.63. The number of aryl methyl sites for hydroxylation is 1. The van der Waals surface area contributed by atoms with Crippen molar-refractivity contribution in [3.63, 3.8) is 0 Å². The van der Waals surface area contributed by atoms with Crippen molar-refractivity contribution < 1.29 is 9.53 Å². The maximum Gasteiger partial charge on any atom is 0.337 e. The molecule has 0 aliphatic rings. The van der Waals surface area contributed by atoms with Crippen LogP contribution in [-0.4, -0.2) is 17.6 Å². The quantitative estimate of drug-likeness (QED) is 0.662. The molecule has 20 heavy (non-hydrogen) atoms. The first-order valence-corrected chi connectivity index (χ1v) is 6.44. The fourth-order valence-electron chi connectivity index (χ4n) is 2.46. The summed E-state index contributed by atoms with van der Waals surface area (Å²) in [6.07, 6.45) is 0. The first-order chi connectivity index (χ1) is 9.70. The molecule has 3 aromatic rings. The van der Waals surface area contributed by atoms with Crippen LogP contribution >= 0.6 is 0 Å². The van der Waals surface area contributed by atoms with Crippen molar-refractivity contribution in [3.05, 3.63) is 60.2 Å². The lowest BCUT2D eigenvalue weighted by atomic mass is 10.1. The van der Waals surface area contributed by atoms with Gasteiger partial charge in [0.15, 0.2) is 0 Å². The standard InChI is InChI=1S/C17H15NO2/c1-18-15(12-6-4-3-5-7-12)10-13-8-9-14(11-16(13)18)17(19)20-2/h3-11H,1-2H3. The normalized spacial score (nSPS) is 10.7. The Bertz CT molecular complexity index is 772. The Hall–Kier alpha value is -2.55. The van der Waals surface area contributed by atoms with Gasteiger partial charge in [-0.15, -0.1) is 0 Å². The molecule has 3 nitrogen and oxygen atoms in total. The number of nitrogens with zero attached hydrogens (tertiary/aromatic N) is 1. The van der Waals surface area contributed by atoms with Crippen LogP contribution in [0.15, 0.2) is 54.6 Å². The molecule has 0 bridgehead atoms. The number of carbonyl (C=O) groups excluding carboxylic acids is 1. The minimum absolute atomic E-state index is 0.311. The Kier molecular flexibility index (Phi) is 3.03. The number of carbonyl (C=O) groups is 1. The molecule has 0 aliphatic carbocycles. The van der Waals surface area contributed by atoms with Crippen molar-refractivity contribution in [3.8, 4) is 11.3 Å². The summed E-state index contributed by atoms with van der Waals surface area (Å²) < 4.78 is 6.86. The minimum Gasteiger partial charge on any atom is -0.465 e. The van der Waals surface area contributed by atoms with Gasteiger partial charge in [0.25, 0.3) is 0 Å². The van der Waals surface area contributed by atoms with E-state index in [1.165, 1.54) is 7.11 Å². The predicted molar refractivity (Wildman–Crippen MR) is 79.7 cm³/mol. The van der Waals surface area contributed by atoms with Crippen LogP contribution in [0.5, 0.6) is 0 Å². The first-order valence-electron chi connectivity index (χ1n) is 6.44. The van der Waals surface area contributed by atoms with E-state index in [0.29, 0.717) is 5.56 Å². The number of hydrogen-bond donors (Lipinski definition) is 0. The number of benzene rings is 2. The van der Waals surface area contributed by atoms with Gasteiger partial charge in [0, 0.05) is 23.6 Å². The van der Waals surface area contributed by atoms with Crippen molar-refractivity contribution in [2.75, 3.05) is 7.11 Å². The van der Waals surface area contributed by atoms with Gasteiger partial charge in [-0.05, 0) is 23.8 Å². The number of rotatable bonds is 2. The molecule has 0 spiro atoms. The SMILES string of the molecule is COC(=O)c1ccc2cc(-c3ccccc3)n(C)c2c1. The van der Waals surface area contributed by atoms with Gasteiger partial charge in [-0.25, -0.2) is 4.79 Å². The fourth-order valence-corrected chi connectivity index (χ4v) is 2.46. The van der Waals surface area contributed by atoms with E-state index in [-0.39, 0.29) is 5.97 Å². The molecule has 0 aliphatic heterocycles. The van der Waals surface area contributed by atoms with Crippen molar-refractivity contribution in [1.29, 1.82) is 0 Å². The summed E-state index contributed by atoms with van der Waals surface area (Å²) in [5.74, 6) is -0.311. The lowest BCUT2D eigenvalue weighted by Gasteiger charge is -2.05. The highest BCUT2D eigenvalue weighted by molar-refractivity contribution is 5.96. The van der Waals surface area contributed by atoms with E-state index < -0.39 is 0 Å². The van der Waals surface area contributed by atoms with Gasteiger partial charge >= 0.3 is 5.97 Å². The Morgan fingerprint density at radius 1 is 1.05 bits per heavy atom. The van der Waals surface area contributed by atoms with Gasteiger partial charge in [0.05, 0.1) is 12.7 Å². The van der Waals surface area contributed by atoms with E-state index in [0.717, 1.165) is 22.2 Å². The van der Waals surface area contributed by atoms with Gasteiger partial charge in [0.2, 0.25) is 0 Å². The van der Waals surface area contributed by atoms with Crippen LogP contribution in [-0.2, 0) is 11.8 Å². The maximum absolute atomic E-state index is 11.6. The second-order valence-electron chi connectivity index (χ2n) is 4.72. The van der Waals surface area contributed by atoms with Gasteiger partial charge < -0.3 is 9.30 Å². The average Bonchev–Trinajstić information content (AvgIpc) is 2.84. The second kappa shape index (κ2) is 4.85. The van der Waals surface area contributed by atoms with Gasteiger partial charge in [0.1, 0.15) is 0 Å². The number of fused-ring (bicyclic) bond motifs is 1. The molecule has 0 amide bonds. The number of aromatic nitrogens is 1. The largest absolute Gasteiger partial charge is 0.465 e. The molecule has 0 atom stereocenters. The molecule has 0 N–H and O–H groups in total. The van der Waals surface area contributed by atoms with Crippen LogP contribution < -0.4 is 0 Å². The molecular weight excluding hydrogens is 250 g/mol. The van der Waals surface area contributed by atoms with E-state index in [1.54, 1.807) is 6.07 Å². The topological polar surface area (TPSA) is 31.2 Å². The molecule has 0 saturated heterocycles. The van der Waals surface area contributed by atoms with Crippen LogP contribution in [0.4, 0.5) is 0 Å². The van der Waals surface area contributed by atoms with Crippen molar-refractivity contribution in [2.24, 2.45) is 7.05 Å². The highest BCUT2D eigenvalue weighted by Crippen LogP contribution is 2.27.